The summed E-state index contributed by atoms with van der Waals surface area (Å²) in [6.07, 6.45) is 10.3. The fourth-order valence-electron chi connectivity index (χ4n) is 7.96. The van der Waals surface area contributed by atoms with Gasteiger partial charge < -0.3 is 5.32 Å². The minimum atomic E-state index is 0.271. The maximum atomic E-state index is 11.9. The Kier molecular flexibility index (Phi) is 4.17. The van der Waals surface area contributed by atoms with Crippen molar-refractivity contribution in [3.63, 3.8) is 0 Å². The molecule has 3 saturated carbocycles. The second-order valence-electron chi connectivity index (χ2n) is 10.1. The zero-order valence-electron chi connectivity index (χ0n) is 16.2. The first-order valence-corrected chi connectivity index (χ1v) is 10.6. The minimum absolute atomic E-state index is 0.271. The SMILES string of the molecule is CC(CC#N)C1CCC2C3CC[C@H]4NC(=O)CCC4(C)C3CCC12C. The molecule has 0 aromatic heterocycles. The van der Waals surface area contributed by atoms with Crippen LogP contribution in [-0.4, -0.2) is 11.9 Å². The van der Waals surface area contributed by atoms with E-state index >= 15 is 0 Å². The van der Waals surface area contributed by atoms with Gasteiger partial charge in [0.15, 0.2) is 0 Å². The van der Waals surface area contributed by atoms with E-state index in [0.29, 0.717) is 29.2 Å². The number of nitriles is 1. The number of carbonyl (C=O) groups excluding carboxylic acids is 1. The van der Waals surface area contributed by atoms with E-state index in [0.717, 1.165) is 36.5 Å². The van der Waals surface area contributed by atoms with Gasteiger partial charge in [0, 0.05) is 18.9 Å². The Morgan fingerprint density at radius 3 is 2.64 bits per heavy atom. The van der Waals surface area contributed by atoms with Gasteiger partial charge in [-0.2, -0.15) is 5.26 Å². The normalized spacial score (nSPS) is 50.0. The fourth-order valence-corrected chi connectivity index (χ4v) is 7.96. The highest BCUT2D eigenvalue weighted by Crippen LogP contribution is 2.66. The van der Waals surface area contributed by atoms with Gasteiger partial charge in [0.1, 0.15) is 0 Å². The summed E-state index contributed by atoms with van der Waals surface area (Å²) in [6.45, 7) is 7.33. The quantitative estimate of drug-likeness (QED) is 0.792. The van der Waals surface area contributed by atoms with Crippen molar-refractivity contribution in [1.29, 1.82) is 5.26 Å². The van der Waals surface area contributed by atoms with Gasteiger partial charge in [-0.1, -0.05) is 20.8 Å². The number of piperidine rings is 1. The van der Waals surface area contributed by atoms with E-state index in [1.165, 1.54) is 38.5 Å². The summed E-state index contributed by atoms with van der Waals surface area (Å²) >= 11 is 0. The molecule has 1 heterocycles. The molecule has 8 atom stereocenters. The predicted octanol–water partition coefficient (Wildman–Crippen LogP) is 4.67. The highest BCUT2D eigenvalue weighted by molar-refractivity contribution is 5.77. The van der Waals surface area contributed by atoms with Crippen LogP contribution in [0.25, 0.3) is 0 Å². The lowest BCUT2D eigenvalue weighted by molar-refractivity contribution is -0.137. The first-order valence-electron chi connectivity index (χ1n) is 10.6. The Bertz CT molecular complexity index is 595. The Balaban J connectivity index is 1.58. The molecule has 0 aromatic carbocycles. The standard InChI is InChI=1S/C22H34N2O/c1-14(10-13-23)16-5-6-17-15-4-7-19-22(3,12-9-20(25)24-19)18(15)8-11-21(16,17)2/h14-19H,4-12H2,1-3H3,(H,24,25)/t14?,15?,16?,17?,18?,19-,21?,22?/m1/s1. The number of rotatable bonds is 2. The number of nitrogens with one attached hydrogen (secondary N) is 1. The third kappa shape index (κ3) is 2.47. The number of fused-ring (bicyclic) bond motifs is 5. The van der Waals surface area contributed by atoms with Crippen molar-refractivity contribution in [1.82, 2.24) is 5.32 Å². The lowest BCUT2D eigenvalue weighted by Crippen LogP contribution is -2.61. The van der Waals surface area contributed by atoms with Gasteiger partial charge in [0.05, 0.1) is 6.07 Å². The van der Waals surface area contributed by atoms with Gasteiger partial charge in [-0.3, -0.25) is 4.79 Å². The van der Waals surface area contributed by atoms with Crippen LogP contribution in [0.15, 0.2) is 0 Å². The maximum absolute atomic E-state index is 11.9. The molecule has 1 saturated heterocycles. The molecule has 7 unspecified atom stereocenters. The summed E-state index contributed by atoms with van der Waals surface area (Å²) in [4.78, 5) is 11.9. The van der Waals surface area contributed by atoms with Gasteiger partial charge >= 0.3 is 0 Å². The molecule has 1 N–H and O–H groups in total. The number of amides is 1. The number of hydrogen-bond acceptors (Lipinski definition) is 2. The molecule has 1 amide bonds. The maximum Gasteiger partial charge on any atom is 0.220 e. The van der Waals surface area contributed by atoms with Crippen LogP contribution in [0.1, 0.15) is 78.6 Å². The van der Waals surface area contributed by atoms with Crippen LogP contribution in [0.5, 0.6) is 0 Å². The molecule has 0 bridgehead atoms. The van der Waals surface area contributed by atoms with Crippen molar-refractivity contribution in [3.05, 3.63) is 0 Å². The van der Waals surface area contributed by atoms with Crippen LogP contribution in [0.4, 0.5) is 0 Å². The minimum Gasteiger partial charge on any atom is -0.353 e. The highest BCUT2D eigenvalue weighted by atomic mass is 16.1. The second-order valence-corrected chi connectivity index (χ2v) is 10.1. The zero-order chi connectivity index (χ0) is 17.8. The monoisotopic (exact) mass is 342 g/mol. The van der Waals surface area contributed by atoms with Crippen LogP contribution in [0.3, 0.4) is 0 Å². The second kappa shape index (κ2) is 6.00. The molecular weight excluding hydrogens is 308 g/mol. The first-order chi connectivity index (χ1) is 11.9. The summed E-state index contributed by atoms with van der Waals surface area (Å²) in [7, 11) is 0. The van der Waals surface area contributed by atoms with E-state index in [-0.39, 0.29) is 5.91 Å². The molecule has 4 fully saturated rings. The van der Waals surface area contributed by atoms with E-state index in [9.17, 15) is 4.79 Å². The molecule has 4 aliphatic rings. The largest absolute Gasteiger partial charge is 0.353 e. The summed E-state index contributed by atoms with van der Waals surface area (Å²) in [5.74, 6) is 4.01. The Morgan fingerprint density at radius 2 is 1.88 bits per heavy atom. The van der Waals surface area contributed by atoms with Crippen molar-refractivity contribution >= 4 is 5.91 Å². The van der Waals surface area contributed by atoms with Crippen molar-refractivity contribution < 1.29 is 4.79 Å². The highest BCUT2D eigenvalue weighted by Gasteiger charge is 2.60. The molecule has 0 spiro atoms. The summed E-state index contributed by atoms with van der Waals surface area (Å²) in [5, 5.41) is 12.5. The Labute approximate surface area is 152 Å². The fraction of sp³-hybridized carbons (Fsp3) is 0.909. The zero-order valence-corrected chi connectivity index (χ0v) is 16.2. The third-order valence-corrected chi connectivity index (χ3v) is 9.27. The smallest absolute Gasteiger partial charge is 0.220 e. The summed E-state index contributed by atoms with van der Waals surface area (Å²) < 4.78 is 0. The lowest BCUT2D eigenvalue weighted by atomic mass is 9.46. The van der Waals surface area contributed by atoms with E-state index < -0.39 is 0 Å². The van der Waals surface area contributed by atoms with Crippen LogP contribution in [0, 0.1) is 51.8 Å². The van der Waals surface area contributed by atoms with Gasteiger partial charge in [-0.25, -0.2) is 0 Å². The van der Waals surface area contributed by atoms with Gasteiger partial charge in [-0.15, -0.1) is 0 Å². The molecule has 25 heavy (non-hydrogen) atoms. The number of hydrogen-bond donors (Lipinski definition) is 1. The molecule has 3 heteroatoms. The molecule has 0 radical (unpaired) electrons. The summed E-state index contributed by atoms with van der Waals surface area (Å²) in [5.41, 5.74) is 0.757. The Morgan fingerprint density at radius 1 is 1.12 bits per heavy atom. The molecule has 0 aromatic rings. The summed E-state index contributed by atoms with van der Waals surface area (Å²) in [6, 6.07) is 2.83. The first kappa shape index (κ1) is 17.4. The van der Waals surface area contributed by atoms with Crippen molar-refractivity contribution in [2.24, 2.45) is 40.4 Å². The molecule has 138 valence electrons. The average Bonchev–Trinajstić information content (AvgIpc) is 2.93. The van der Waals surface area contributed by atoms with Crippen LogP contribution in [0.2, 0.25) is 0 Å². The van der Waals surface area contributed by atoms with Gasteiger partial charge in [0.25, 0.3) is 0 Å². The van der Waals surface area contributed by atoms with E-state index in [1.54, 1.807) is 0 Å². The van der Waals surface area contributed by atoms with Crippen LogP contribution in [-0.2, 0) is 4.79 Å². The Hall–Kier alpha value is -1.04. The van der Waals surface area contributed by atoms with Crippen LogP contribution >= 0.6 is 0 Å². The molecule has 3 aliphatic carbocycles. The van der Waals surface area contributed by atoms with Crippen molar-refractivity contribution in [2.45, 2.75) is 84.6 Å². The average molecular weight is 343 g/mol. The van der Waals surface area contributed by atoms with Gasteiger partial charge in [0.2, 0.25) is 5.91 Å². The van der Waals surface area contributed by atoms with Crippen LogP contribution < -0.4 is 5.32 Å². The van der Waals surface area contributed by atoms with Crippen molar-refractivity contribution in [3.8, 4) is 6.07 Å². The van der Waals surface area contributed by atoms with Gasteiger partial charge in [-0.05, 0) is 85.4 Å². The number of carbonyl (C=O) groups is 1. The topological polar surface area (TPSA) is 52.9 Å². The molecule has 4 rings (SSSR count). The molecular formula is C22H34N2O. The predicted molar refractivity (Wildman–Crippen MR) is 98.4 cm³/mol. The molecule has 1 aliphatic heterocycles. The van der Waals surface area contributed by atoms with E-state index in [1.807, 2.05) is 0 Å². The number of nitrogens with zero attached hydrogens (tertiary/aromatic N) is 1. The molecule has 3 nitrogen and oxygen atoms in total. The lowest BCUT2D eigenvalue weighted by Gasteiger charge is -2.60. The van der Waals surface area contributed by atoms with Crippen molar-refractivity contribution in [2.75, 3.05) is 0 Å². The van der Waals surface area contributed by atoms with E-state index in [2.05, 4.69) is 32.2 Å². The van der Waals surface area contributed by atoms with E-state index in [4.69, 9.17) is 5.26 Å². The third-order valence-electron chi connectivity index (χ3n) is 9.27.